The third-order valence-corrected chi connectivity index (χ3v) is 6.04. The van der Waals surface area contributed by atoms with Crippen molar-refractivity contribution in [3.8, 4) is 0 Å². The third kappa shape index (κ3) is 2.44. The van der Waals surface area contributed by atoms with Gasteiger partial charge in [-0.05, 0) is 35.4 Å². The van der Waals surface area contributed by atoms with Crippen molar-refractivity contribution in [2.24, 2.45) is 0 Å². The molecule has 0 aromatic carbocycles. The lowest BCUT2D eigenvalue weighted by Gasteiger charge is -2.26. The van der Waals surface area contributed by atoms with Gasteiger partial charge in [-0.1, -0.05) is 25.4 Å². The van der Waals surface area contributed by atoms with E-state index in [0.29, 0.717) is 5.78 Å². The lowest BCUT2D eigenvalue weighted by atomic mass is 10.0. The number of tetrazole rings is 1. The molecule has 0 fully saturated rings. The van der Waals surface area contributed by atoms with Crippen LogP contribution in [0, 0.1) is 0 Å². The summed E-state index contributed by atoms with van der Waals surface area (Å²) in [5.41, 5.74) is 1.45. The molecule has 4 heterocycles. The summed E-state index contributed by atoms with van der Waals surface area (Å²) in [5, 5.41) is 13.3. The van der Waals surface area contributed by atoms with Gasteiger partial charge in [0.1, 0.15) is 10.6 Å². The summed E-state index contributed by atoms with van der Waals surface area (Å²) in [7, 11) is 2.13. The fourth-order valence-corrected chi connectivity index (χ4v) is 4.73. The Balaban J connectivity index is 1.91. The number of rotatable bonds is 5. The Labute approximate surface area is 145 Å². The summed E-state index contributed by atoms with van der Waals surface area (Å²) >= 11 is 1.82. The molecule has 0 N–H and O–H groups in total. The van der Waals surface area contributed by atoms with E-state index < -0.39 is 0 Å². The van der Waals surface area contributed by atoms with Crippen LogP contribution in [0.1, 0.15) is 37.1 Å². The van der Waals surface area contributed by atoms with Crippen molar-refractivity contribution in [1.82, 2.24) is 29.9 Å². The first-order chi connectivity index (χ1) is 11.7. The molecule has 7 nitrogen and oxygen atoms in total. The Morgan fingerprint density at radius 2 is 2.17 bits per heavy atom. The summed E-state index contributed by atoms with van der Waals surface area (Å²) in [6.45, 7) is 8.67. The highest BCUT2D eigenvalue weighted by atomic mass is 32.1. The molecule has 0 radical (unpaired) electrons. The van der Waals surface area contributed by atoms with Crippen LogP contribution >= 0.6 is 11.3 Å². The number of nitrogens with zero attached hydrogens (tertiary/aromatic N) is 7. The van der Waals surface area contributed by atoms with E-state index >= 15 is 0 Å². The van der Waals surface area contributed by atoms with Gasteiger partial charge in [-0.2, -0.15) is 9.50 Å². The van der Waals surface area contributed by atoms with Crippen LogP contribution in [-0.2, 0) is 13.0 Å². The van der Waals surface area contributed by atoms with Gasteiger partial charge in [0, 0.05) is 31.6 Å². The quantitative estimate of drug-likeness (QED) is 0.707. The lowest BCUT2D eigenvalue weighted by molar-refractivity contribution is 0.272. The maximum absolute atomic E-state index is 4.78. The van der Waals surface area contributed by atoms with Crippen molar-refractivity contribution in [2.75, 3.05) is 31.6 Å². The van der Waals surface area contributed by atoms with E-state index in [9.17, 15) is 0 Å². The Morgan fingerprint density at radius 1 is 1.29 bits per heavy atom. The standard InChI is InChI=1S/C16H23N7S/c1-4-6-8-21(3)14-13-11-7-9-22(5-2)10-12(11)24-15(13)23-16(17-14)18-19-20-23/h4-10H2,1-3H3. The lowest BCUT2D eigenvalue weighted by Crippen LogP contribution is -2.29. The molecule has 3 aromatic rings. The van der Waals surface area contributed by atoms with Gasteiger partial charge < -0.3 is 4.90 Å². The zero-order chi connectivity index (χ0) is 16.7. The number of anilines is 1. The van der Waals surface area contributed by atoms with Gasteiger partial charge in [0.2, 0.25) is 0 Å². The average Bonchev–Trinajstić information content (AvgIpc) is 3.21. The average molecular weight is 345 g/mol. The molecule has 3 aromatic heterocycles. The number of hydrogen-bond acceptors (Lipinski definition) is 7. The topological polar surface area (TPSA) is 62.5 Å². The first-order valence-electron chi connectivity index (χ1n) is 8.68. The van der Waals surface area contributed by atoms with E-state index in [1.165, 1.54) is 22.2 Å². The molecule has 0 saturated carbocycles. The van der Waals surface area contributed by atoms with Gasteiger partial charge in [0.15, 0.2) is 0 Å². The van der Waals surface area contributed by atoms with Crippen molar-refractivity contribution in [2.45, 2.75) is 39.7 Å². The van der Waals surface area contributed by atoms with Crippen molar-refractivity contribution < 1.29 is 0 Å². The van der Waals surface area contributed by atoms with Gasteiger partial charge in [-0.15, -0.1) is 11.3 Å². The minimum absolute atomic E-state index is 0.590. The first-order valence-corrected chi connectivity index (χ1v) is 9.50. The second-order valence-electron chi connectivity index (χ2n) is 6.40. The summed E-state index contributed by atoms with van der Waals surface area (Å²) in [6, 6.07) is 0. The van der Waals surface area contributed by atoms with Crippen molar-refractivity contribution in [3.05, 3.63) is 10.4 Å². The predicted molar refractivity (Wildman–Crippen MR) is 96.8 cm³/mol. The number of unbranched alkanes of at least 4 members (excludes halogenated alkanes) is 1. The van der Waals surface area contributed by atoms with Crippen molar-refractivity contribution in [3.63, 3.8) is 0 Å². The van der Waals surface area contributed by atoms with E-state index in [0.717, 1.165) is 49.7 Å². The van der Waals surface area contributed by atoms with Crippen LogP contribution in [0.3, 0.4) is 0 Å². The van der Waals surface area contributed by atoms with Crippen LogP contribution in [0.4, 0.5) is 5.82 Å². The molecule has 24 heavy (non-hydrogen) atoms. The largest absolute Gasteiger partial charge is 0.359 e. The SMILES string of the molecule is CCCCN(C)c1nc2nnnn2c2sc3c(c12)CCN(CC)C3. The van der Waals surface area contributed by atoms with Crippen LogP contribution in [0.25, 0.3) is 16.0 Å². The smallest absolute Gasteiger partial charge is 0.276 e. The summed E-state index contributed by atoms with van der Waals surface area (Å²) in [6.07, 6.45) is 3.41. The van der Waals surface area contributed by atoms with E-state index in [4.69, 9.17) is 4.98 Å². The zero-order valence-electron chi connectivity index (χ0n) is 14.5. The summed E-state index contributed by atoms with van der Waals surface area (Å²) in [5.74, 6) is 1.62. The molecule has 0 atom stereocenters. The highest BCUT2D eigenvalue weighted by Gasteiger charge is 2.26. The molecule has 0 aliphatic carbocycles. The van der Waals surface area contributed by atoms with Gasteiger partial charge in [0.05, 0.1) is 5.39 Å². The highest BCUT2D eigenvalue weighted by Crippen LogP contribution is 2.39. The van der Waals surface area contributed by atoms with Gasteiger partial charge in [0.25, 0.3) is 5.78 Å². The Kier molecular flexibility index (Phi) is 4.09. The molecule has 0 unspecified atom stereocenters. The number of aromatic nitrogens is 5. The van der Waals surface area contributed by atoms with Crippen LogP contribution in [0.2, 0.25) is 0 Å². The molecule has 0 amide bonds. The van der Waals surface area contributed by atoms with Crippen molar-refractivity contribution >= 4 is 33.1 Å². The second-order valence-corrected chi connectivity index (χ2v) is 7.49. The molecule has 0 spiro atoms. The Hall–Kier alpha value is -1.80. The van der Waals surface area contributed by atoms with Gasteiger partial charge >= 0.3 is 0 Å². The van der Waals surface area contributed by atoms with E-state index in [1.54, 1.807) is 4.52 Å². The van der Waals surface area contributed by atoms with E-state index in [-0.39, 0.29) is 0 Å². The molecule has 8 heteroatoms. The summed E-state index contributed by atoms with van der Waals surface area (Å²) in [4.78, 5) is 12.1. The number of thiophene rings is 1. The molecule has 1 aliphatic rings. The molecule has 1 aliphatic heterocycles. The number of likely N-dealkylation sites (N-methyl/N-ethyl adjacent to an activating group) is 1. The molecular weight excluding hydrogens is 322 g/mol. The van der Waals surface area contributed by atoms with Crippen LogP contribution < -0.4 is 4.90 Å². The predicted octanol–water partition coefficient (Wildman–Crippen LogP) is 2.35. The maximum Gasteiger partial charge on any atom is 0.276 e. The third-order valence-electron chi connectivity index (χ3n) is 4.85. The van der Waals surface area contributed by atoms with Crippen LogP contribution in [-0.4, -0.2) is 56.6 Å². The minimum Gasteiger partial charge on any atom is -0.359 e. The van der Waals surface area contributed by atoms with E-state index in [2.05, 4.69) is 46.2 Å². The monoisotopic (exact) mass is 345 g/mol. The fourth-order valence-electron chi connectivity index (χ4n) is 3.40. The normalized spacial score (nSPS) is 15.3. The van der Waals surface area contributed by atoms with Crippen molar-refractivity contribution in [1.29, 1.82) is 0 Å². The van der Waals surface area contributed by atoms with Crippen LogP contribution in [0.15, 0.2) is 0 Å². The van der Waals surface area contributed by atoms with Gasteiger partial charge in [-0.25, -0.2) is 0 Å². The van der Waals surface area contributed by atoms with Crippen LogP contribution in [0.5, 0.6) is 0 Å². The number of hydrogen-bond donors (Lipinski definition) is 0. The Morgan fingerprint density at radius 3 is 2.96 bits per heavy atom. The van der Waals surface area contributed by atoms with Gasteiger partial charge in [-0.3, -0.25) is 4.90 Å². The zero-order valence-corrected chi connectivity index (χ0v) is 15.3. The second kappa shape index (κ2) is 6.25. The first kappa shape index (κ1) is 15.7. The van der Waals surface area contributed by atoms with E-state index in [1.807, 2.05) is 11.3 Å². The Bertz CT molecular complexity index is 868. The molecule has 128 valence electrons. The molecule has 0 saturated heterocycles. The number of fused-ring (bicyclic) bond motifs is 5. The molecule has 4 rings (SSSR count). The summed E-state index contributed by atoms with van der Waals surface area (Å²) < 4.78 is 1.80. The fraction of sp³-hybridized carbons (Fsp3) is 0.625. The highest BCUT2D eigenvalue weighted by molar-refractivity contribution is 7.19. The molecule has 0 bridgehead atoms. The maximum atomic E-state index is 4.78. The molecular formula is C16H23N7S. The minimum atomic E-state index is 0.590.